The lowest BCUT2D eigenvalue weighted by Gasteiger charge is -2.16. The third kappa shape index (κ3) is 3.44. The lowest BCUT2D eigenvalue weighted by atomic mass is 10.1. The average Bonchev–Trinajstić information content (AvgIpc) is 3.17. The number of rotatable bonds is 4. The first-order chi connectivity index (χ1) is 13.0. The minimum Gasteiger partial charge on any atom is -0.378 e. The number of hydrogen-bond acceptors (Lipinski definition) is 4. The number of benzene rings is 2. The van der Waals surface area contributed by atoms with Crippen molar-refractivity contribution in [2.24, 2.45) is 0 Å². The number of hydrogen-bond donors (Lipinski definition) is 2. The van der Waals surface area contributed by atoms with Crippen LogP contribution in [0.15, 0.2) is 64.2 Å². The Balaban J connectivity index is 1.67. The summed E-state index contributed by atoms with van der Waals surface area (Å²) in [5.41, 5.74) is 2.92. The second kappa shape index (κ2) is 6.89. The Labute approximate surface area is 158 Å². The van der Waals surface area contributed by atoms with Gasteiger partial charge in [-0.25, -0.2) is 4.39 Å². The van der Waals surface area contributed by atoms with Gasteiger partial charge in [0, 0.05) is 27.2 Å². The Hall–Kier alpha value is -3.12. The van der Waals surface area contributed by atoms with E-state index in [1.165, 1.54) is 6.07 Å². The van der Waals surface area contributed by atoms with Crippen LogP contribution in [-0.4, -0.2) is 10.1 Å². The smallest absolute Gasteiger partial charge is 0.253 e. The molecule has 2 N–H and O–H groups in total. The van der Waals surface area contributed by atoms with E-state index in [4.69, 9.17) is 16.1 Å². The first kappa shape index (κ1) is 17.3. The summed E-state index contributed by atoms with van der Waals surface area (Å²) in [7, 11) is 0. The largest absolute Gasteiger partial charge is 0.378 e. The summed E-state index contributed by atoms with van der Waals surface area (Å²) < 4.78 is 18.9. The summed E-state index contributed by atoms with van der Waals surface area (Å²) in [6, 6.07) is 11.8. The van der Waals surface area contributed by atoms with Gasteiger partial charge in [0.05, 0.1) is 17.8 Å². The number of H-pyrrole nitrogens is 1. The van der Waals surface area contributed by atoms with Crippen LogP contribution in [0.5, 0.6) is 0 Å². The van der Waals surface area contributed by atoms with Crippen LogP contribution in [0.4, 0.5) is 10.1 Å². The number of aromatic nitrogens is 2. The van der Waals surface area contributed by atoms with Crippen LogP contribution in [0.3, 0.4) is 0 Å². The Morgan fingerprint density at radius 1 is 1.22 bits per heavy atom. The zero-order valence-corrected chi connectivity index (χ0v) is 15.0. The average molecular weight is 384 g/mol. The van der Waals surface area contributed by atoms with Gasteiger partial charge in [-0.05, 0) is 42.8 Å². The molecule has 0 fully saturated rings. The van der Waals surface area contributed by atoms with E-state index in [0.29, 0.717) is 10.9 Å². The maximum atomic E-state index is 14.0. The molecule has 2 aromatic carbocycles. The molecule has 2 aromatic heterocycles. The van der Waals surface area contributed by atoms with E-state index in [-0.39, 0.29) is 22.1 Å². The molecule has 4 rings (SSSR count). The molecule has 0 aliphatic rings. The molecule has 5 nitrogen and oxygen atoms in total. The molecule has 0 saturated carbocycles. The van der Waals surface area contributed by atoms with Crippen LogP contribution in [0.25, 0.3) is 22.0 Å². The maximum absolute atomic E-state index is 14.0. The van der Waals surface area contributed by atoms with Crippen molar-refractivity contribution in [1.29, 1.82) is 0 Å². The molecule has 4 aromatic rings. The molecular formula is C20H15ClFN3O2. The van der Waals surface area contributed by atoms with Crippen LogP contribution in [-0.2, 0) is 0 Å². The first-order valence-electron chi connectivity index (χ1n) is 8.29. The Kier molecular flexibility index (Phi) is 4.41. The highest BCUT2D eigenvalue weighted by Crippen LogP contribution is 2.26. The summed E-state index contributed by atoms with van der Waals surface area (Å²) in [6.07, 6.45) is 3.20. The molecule has 0 spiro atoms. The summed E-state index contributed by atoms with van der Waals surface area (Å²) in [6.45, 7) is 1.86. The molecule has 0 amide bonds. The first-order valence-corrected chi connectivity index (χ1v) is 8.67. The number of aromatic amines is 1. The summed E-state index contributed by atoms with van der Waals surface area (Å²) in [5.74, 6) is -0.553. The van der Waals surface area contributed by atoms with Gasteiger partial charge >= 0.3 is 0 Å². The van der Waals surface area contributed by atoms with Crippen molar-refractivity contribution >= 4 is 28.2 Å². The van der Waals surface area contributed by atoms with Crippen molar-refractivity contribution in [2.45, 2.75) is 13.0 Å². The second-order valence-corrected chi connectivity index (χ2v) is 6.70. The van der Waals surface area contributed by atoms with E-state index in [2.05, 4.69) is 15.5 Å². The van der Waals surface area contributed by atoms with E-state index < -0.39 is 5.82 Å². The molecule has 0 unspecified atom stereocenters. The molecule has 136 valence electrons. The highest BCUT2D eigenvalue weighted by Gasteiger charge is 2.14. The minimum atomic E-state index is -0.553. The Bertz CT molecular complexity index is 1170. The highest BCUT2D eigenvalue weighted by molar-refractivity contribution is 6.31. The van der Waals surface area contributed by atoms with Crippen LogP contribution < -0.4 is 10.9 Å². The predicted molar refractivity (Wildman–Crippen MR) is 104 cm³/mol. The minimum absolute atomic E-state index is 0.148. The molecule has 0 bridgehead atoms. The zero-order chi connectivity index (χ0) is 19.0. The van der Waals surface area contributed by atoms with Gasteiger partial charge in [0.25, 0.3) is 5.56 Å². The maximum Gasteiger partial charge on any atom is 0.253 e. The van der Waals surface area contributed by atoms with E-state index in [1.807, 2.05) is 31.2 Å². The molecule has 0 aliphatic carbocycles. The molecule has 7 heteroatoms. The molecule has 0 aliphatic heterocycles. The van der Waals surface area contributed by atoms with E-state index in [0.717, 1.165) is 16.8 Å². The van der Waals surface area contributed by atoms with Gasteiger partial charge < -0.3 is 14.8 Å². The molecule has 1 atom stereocenters. The van der Waals surface area contributed by atoms with Gasteiger partial charge in [0.1, 0.15) is 12.1 Å². The molecule has 0 saturated heterocycles. The topological polar surface area (TPSA) is 70.9 Å². The van der Waals surface area contributed by atoms with Crippen molar-refractivity contribution in [2.75, 3.05) is 5.32 Å². The fourth-order valence-electron chi connectivity index (χ4n) is 3.04. The molecular weight excluding hydrogens is 369 g/mol. The second-order valence-electron chi connectivity index (χ2n) is 6.27. The van der Waals surface area contributed by atoms with Gasteiger partial charge in [-0.2, -0.15) is 0 Å². The fourth-order valence-corrected chi connectivity index (χ4v) is 3.26. The number of fused-ring (bicyclic) bond motifs is 1. The summed E-state index contributed by atoms with van der Waals surface area (Å²) in [4.78, 5) is 15.0. The lowest BCUT2D eigenvalue weighted by molar-refractivity contribution is 0.420. The van der Waals surface area contributed by atoms with Crippen LogP contribution >= 0.6 is 11.6 Å². The van der Waals surface area contributed by atoms with Gasteiger partial charge in [-0.3, -0.25) is 4.79 Å². The van der Waals surface area contributed by atoms with Gasteiger partial charge in [-0.1, -0.05) is 28.9 Å². The van der Waals surface area contributed by atoms with Crippen molar-refractivity contribution in [3.63, 3.8) is 0 Å². The van der Waals surface area contributed by atoms with E-state index >= 15 is 0 Å². The lowest BCUT2D eigenvalue weighted by Crippen LogP contribution is -2.19. The van der Waals surface area contributed by atoms with Crippen molar-refractivity contribution in [1.82, 2.24) is 10.1 Å². The van der Waals surface area contributed by atoms with Gasteiger partial charge in [-0.15, -0.1) is 0 Å². The third-order valence-electron chi connectivity index (χ3n) is 4.38. The number of anilines is 1. The van der Waals surface area contributed by atoms with E-state index in [9.17, 15) is 9.18 Å². The quantitative estimate of drug-likeness (QED) is 0.511. The van der Waals surface area contributed by atoms with Gasteiger partial charge in [0.2, 0.25) is 0 Å². The van der Waals surface area contributed by atoms with Crippen LogP contribution in [0.2, 0.25) is 5.02 Å². The predicted octanol–water partition coefficient (Wildman–Crippen LogP) is 5.15. The Morgan fingerprint density at radius 2 is 2.07 bits per heavy atom. The summed E-state index contributed by atoms with van der Waals surface area (Å²) in [5, 5.41) is 7.83. The molecule has 27 heavy (non-hydrogen) atoms. The number of nitrogens with zero attached hydrogens (tertiary/aromatic N) is 1. The van der Waals surface area contributed by atoms with Crippen molar-refractivity contribution in [3.05, 3.63) is 81.7 Å². The van der Waals surface area contributed by atoms with E-state index in [1.54, 1.807) is 24.6 Å². The van der Waals surface area contributed by atoms with Crippen molar-refractivity contribution < 1.29 is 8.91 Å². The Morgan fingerprint density at radius 3 is 2.85 bits per heavy atom. The van der Waals surface area contributed by atoms with Crippen molar-refractivity contribution in [3.8, 4) is 11.1 Å². The number of halogens is 2. The van der Waals surface area contributed by atoms with Crippen LogP contribution in [0, 0.1) is 5.82 Å². The summed E-state index contributed by atoms with van der Waals surface area (Å²) >= 11 is 5.93. The van der Waals surface area contributed by atoms with Crippen LogP contribution in [0.1, 0.15) is 18.5 Å². The number of pyridine rings is 1. The zero-order valence-electron chi connectivity index (χ0n) is 14.3. The van der Waals surface area contributed by atoms with Gasteiger partial charge in [0.15, 0.2) is 0 Å². The standard InChI is InChI=1S/C20H15ClFN3O2/c1-11(24-16-4-2-3-12(6-16)14-9-23-27-10-14)17-7-13-5-15(21)8-18(22)19(13)25-20(17)26/h2-11,24H,1H3,(H,25,26)/t11-/m0/s1. The third-order valence-corrected chi connectivity index (χ3v) is 4.59. The number of nitrogens with one attached hydrogen (secondary N) is 2. The SMILES string of the molecule is C[C@H](Nc1cccc(-c2cnoc2)c1)c1cc2cc(Cl)cc(F)c2[nH]c1=O. The molecule has 2 heterocycles. The normalized spacial score (nSPS) is 12.3. The molecule has 0 radical (unpaired) electrons. The fraction of sp³-hybridized carbons (Fsp3) is 0.100. The highest BCUT2D eigenvalue weighted by atomic mass is 35.5. The monoisotopic (exact) mass is 383 g/mol.